The van der Waals surface area contributed by atoms with Gasteiger partial charge >= 0.3 is 0 Å². The van der Waals surface area contributed by atoms with Crippen molar-refractivity contribution in [1.82, 2.24) is 0 Å². The van der Waals surface area contributed by atoms with Gasteiger partial charge in [-0.2, -0.15) is 5.26 Å². The first-order valence-corrected chi connectivity index (χ1v) is 4.54. The Morgan fingerprint density at radius 3 is 2.36 bits per heavy atom. The lowest BCUT2D eigenvalue weighted by Gasteiger charge is -2.20. The molecule has 0 heterocycles. The first kappa shape index (κ1) is 10.9. The average Bonchev–Trinajstić information content (AvgIpc) is 1.87. The Labute approximate surface area is 76.3 Å². The molecule has 0 aliphatic rings. The van der Waals surface area contributed by atoms with Gasteiger partial charge in [0.05, 0.1) is 17.6 Å². The molecular weight excluding hydrogens is 206 g/mol. The molecule has 0 saturated carbocycles. The van der Waals surface area contributed by atoms with E-state index in [1.165, 1.54) is 0 Å². The fourth-order valence-corrected chi connectivity index (χ4v) is 1.51. The van der Waals surface area contributed by atoms with Crippen LogP contribution in [0.3, 0.4) is 0 Å². The van der Waals surface area contributed by atoms with Gasteiger partial charge in [-0.1, -0.05) is 15.9 Å². The van der Waals surface area contributed by atoms with Gasteiger partial charge in [-0.05, 0) is 27.2 Å². The molecule has 64 valence electrons. The van der Waals surface area contributed by atoms with Crippen LogP contribution >= 0.6 is 15.9 Å². The third-order valence-electron chi connectivity index (χ3n) is 1.53. The number of hydrogen-bond donors (Lipinski definition) is 1. The second kappa shape index (κ2) is 4.08. The van der Waals surface area contributed by atoms with Gasteiger partial charge in [0.25, 0.3) is 0 Å². The molecule has 2 atom stereocenters. The lowest BCUT2D eigenvalue weighted by atomic mass is 9.89. The third-order valence-corrected chi connectivity index (χ3v) is 2.62. The number of rotatable bonds is 3. The van der Waals surface area contributed by atoms with Crippen molar-refractivity contribution in [3.8, 4) is 6.07 Å². The zero-order valence-electron chi connectivity index (χ0n) is 7.13. The summed E-state index contributed by atoms with van der Waals surface area (Å²) in [6, 6.07) is 2.19. The van der Waals surface area contributed by atoms with Crippen LogP contribution in [0.1, 0.15) is 27.2 Å². The van der Waals surface area contributed by atoms with Crippen LogP contribution in [0.4, 0.5) is 0 Å². The number of halogens is 1. The Hall–Kier alpha value is -0.0700. The predicted molar refractivity (Wildman–Crippen MR) is 48.4 cm³/mol. The summed E-state index contributed by atoms with van der Waals surface area (Å²) >= 11 is 3.32. The van der Waals surface area contributed by atoms with Gasteiger partial charge < -0.3 is 5.11 Å². The summed E-state index contributed by atoms with van der Waals surface area (Å²) in [7, 11) is 0. The number of nitriles is 1. The maximum absolute atomic E-state index is 9.12. The maximum atomic E-state index is 9.12. The van der Waals surface area contributed by atoms with E-state index in [1.54, 1.807) is 6.92 Å². The molecule has 0 aliphatic carbocycles. The van der Waals surface area contributed by atoms with Gasteiger partial charge in [0.2, 0.25) is 0 Å². The minimum atomic E-state index is -0.400. The van der Waals surface area contributed by atoms with Crippen molar-refractivity contribution >= 4 is 15.9 Å². The molecule has 1 N–H and O–H groups in total. The molecule has 0 amide bonds. The predicted octanol–water partition coefficient (Wildman–Crippen LogP) is 2.07. The average molecular weight is 220 g/mol. The lowest BCUT2D eigenvalue weighted by molar-refractivity contribution is 0.178. The van der Waals surface area contributed by atoms with E-state index < -0.39 is 6.10 Å². The van der Waals surface area contributed by atoms with E-state index in [2.05, 4.69) is 22.0 Å². The normalized spacial score (nSPS) is 17.1. The zero-order valence-corrected chi connectivity index (χ0v) is 8.72. The Bertz CT molecular complexity index is 160. The number of nitrogens with zero attached hydrogens (tertiary/aromatic N) is 1. The summed E-state index contributed by atoms with van der Waals surface area (Å²) in [5.41, 5.74) is -0.356. The first-order chi connectivity index (χ1) is 4.89. The molecule has 0 spiro atoms. The zero-order chi connectivity index (χ0) is 9.07. The van der Waals surface area contributed by atoms with Crippen LogP contribution in [0.5, 0.6) is 0 Å². The van der Waals surface area contributed by atoms with Gasteiger partial charge in [-0.3, -0.25) is 0 Å². The quantitative estimate of drug-likeness (QED) is 0.740. The third kappa shape index (κ3) is 4.39. The van der Waals surface area contributed by atoms with E-state index in [9.17, 15) is 0 Å². The molecule has 0 unspecified atom stereocenters. The summed E-state index contributed by atoms with van der Waals surface area (Å²) in [5, 5.41) is 17.8. The summed E-state index contributed by atoms with van der Waals surface area (Å²) in [4.78, 5) is 0.0112. The van der Waals surface area contributed by atoms with Crippen LogP contribution < -0.4 is 0 Å². The molecule has 2 nitrogen and oxygen atoms in total. The molecule has 0 rings (SSSR count). The second-order valence-corrected chi connectivity index (χ2v) is 4.63. The first-order valence-electron chi connectivity index (χ1n) is 3.62. The molecule has 0 radical (unpaired) electrons. The minimum absolute atomic E-state index is 0.0112. The van der Waals surface area contributed by atoms with Crippen molar-refractivity contribution in [3.05, 3.63) is 0 Å². The summed E-state index contributed by atoms with van der Waals surface area (Å²) in [6.45, 7) is 5.44. The Morgan fingerprint density at radius 2 is 2.09 bits per heavy atom. The standard InChI is InChI=1S/C8H14BrNO/c1-6(11)7(9)4-8(2,3)5-10/h6-7,11H,4H2,1-3H3/t6-,7+/m0/s1. The van der Waals surface area contributed by atoms with Gasteiger partial charge in [-0.25, -0.2) is 0 Å². The van der Waals surface area contributed by atoms with Crippen LogP contribution in [0.2, 0.25) is 0 Å². The molecule has 11 heavy (non-hydrogen) atoms. The van der Waals surface area contributed by atoms with Crippen LogP contribution in [-0.4, -0.2) is 16.0 Å². The minimum Gasteiger partial charge on any atom is -0.392 e. The van der Waals surface area contributed by atoms with E-state index >= 15 is 0 Å². The highest BCUT2D eigenvalue weighted by Gasteiger charge is 2.23. The monoisotopic (exact) mass is 219 g/mol. The molecule has 0 aromatic carbocycles. The molecular formula is C8H14BrNO. The smallest absolute Gasteiger partial charge is 0.0684 e. The molecule has 0 bridgehead atoms. The fraction of sp³-hybridized carbons (Fsp3) is 0.875. The van der Waals surface area contributed by atoms with E-state index in [0.29, 0.717) is 6.42 Å². The van der Waals surface area contributed by atoms with Crippen molar-refractivity contribution in [2.45, 2.75) is 38.1 Å². The molecule has 0 aromatic heterocycles. The fourth-order valence-electron chi connectivity index (χ4n) is 0.704. The van der Waals surface area contributed by atoms with Gasteiger partial charge in [0.15, 0.2) is 0 Å². The van der Waals surface area contributed by atoms with Gasteiger partial charge in [0.1, 0.15) is 0 Å². The molecule has 0 aliphatic heterocycles. The molecule has 3 heteroatoms. The highest BCUT2D eigenvalue weighted by molar-refractivity contribution is 9.09. The molecule has 0 fully saturated rings. The lowest BCUT2D eigenvalue weighted by Crippen LogP contribution is -2.23. The Balaban J connectivity index is 3.96. The van der Waals surface area contributed by atoms with E-state index in [0.717, 1.165) is 0 Å². The van der Waals surface area contributed by atoms with Crippen LogP contribution in [0, 0.1) is 16.7 Å². The summed E-state index contributed by atoms with van der Waals surface area (Å²) in [6.07, 6.45) is 0.267. The molecule has 0 aromatic rings. The topological polar surface area (TPSA) is 44.0 Å². The SMILES string of the molecule is C[C@H](O)[C@H](Br)CC(C)(C)C#N. The molecule has 0 saturated heterocycles. The Morgan fingerprint density at radius 1 is 1.64 bits per heavy atom. The van der Waals surface area contributed by atoms with Gasteiger partial charge in [-0.15, -0.1) is 0 Å². The van der Waals surface area contributed by atoms with Crippen molar-refractivity contribution < 1.29 is 5.11 Å². The Kier molecular flexibility index (Phi) is 4.05. The highest BCUT2D eigenvalue weighted by atomic mass is 79.9. The van der Waals surface area contributed by atoms with Gasteiger partial charge in [0, 0.05) is 4.83 Å². The van der Waals surface area contributed by atoms with E-state index in [1.807, 2.05) is 13.8 Å². The van der Waals surface area contributed by atoms with Crippen molar-refractivity contribution in [2.24, 2.45) is 5.41 Å². The number of hydrogen-bond acceptors (Lipinski definition) is 2. The van der Waals surface area contributed by atoms with Crippen LogP contribution in [-0.2, 0) is 0 Å². The van der Waals surface area contributed by atoms with Crippen molar-refractivity contribution in [3.63, 3.8) is 0 Å². The largest absolute Gasteiger partial charge is 0.392 e. The number of aliphatic hydroxyl groups excluding tert-OH is 1. The second-order valence-electron chi connectivity index (χ2n) is 3.46. The van der Waals surface area contributed by atoms with Crippen LogP contribution in [0.25, 0.3) is 0 Å². The summed E-state index contributed by atoms with van der Waals surface area (Å²) < 4.78 is 0. The van der Waals surface area contributed by atoms with E-state index in [-0.39, 0.29) is 10.2 Å². The van der Waals surface area contributed by atoms with Crippen molar-refractivity contribution in [1.29, 1.82) is 5.26 Å². The maximum Gasteiger partial charge on any atom is 0.0684 e. The summed E-state index contributed by atoms with van der Waals surface area (Å²) in [5.74, 6) is 0. The number of alkyl halides is 1. The highest BCUT2D eigenvalue weighted by Crippen LogP contribution is 2.26. The van der Waals surface area contributed by atoms with E-state index in [4.69, 9.17) is 10.4 Å². The van der Waals surface area contributed by atoms with Crippen LogP contribution in [0.15, 0.2) is 0 Å². The number of aliphatic hydroxyl groups is 1. The van der Waals surface area contributed by atoms with Crippen molar-refractivity contribution in [2.75, 3.05) is 0 Å².